The summed E-state index contributed by atoms with van der Waals surface area (Å²) in [5.41, 5.74) is 1.34. The van der Waals surface area contributed by atoms with Gasteiger partial charge in [0.15, 0.2) is 0 Å². The van der Waals surface area contributed by atoms with Crippen molar-refractivity contribution in [2.75, 3.05) is 5.88 Å². The minimum atomic E-state index is 0.175. The lowest BCUT2D eigenvalue weighted by molar-refractivity contribution is 0.346. The Kier molecular flexibility index (Phi) is 5.51. The molecular weight excluding hydrogens is 232 g/mol. The summed E-state index contributed by atoms with van der Waals surface area (Å²) in [5, 5.41) is 4.69. The van der Waals surface area contributed by atoms with E-state index in [1.54, 1.807) is 0 Å². The van der Waals surface area contributed by atoms with Gasteiger partial charge in [0.05, 0.1) is 11.7 Å². The van der Waals surface area contributed by atoms with Crippen molar-refractivity contribution in [3.8, 4) is 0 Å². The van der Waals surface area contributed by atoms with E-state index >= 15 is 0 Å². The molecule has 0 aliphatic carbocycles. The molecule has 1 aromatic rings. The number of rotatable bonds is 7. The number of aromatic nitrogens is 2. The molecule has 0 spiro atoms. The first-order valence-electron chi connectivity index (χ1n) is 6.68. The second kappa shape index (κ2) is 6.44. The van der Waals surface area contributed by atoms with E-state index in [1.165, 1.54) is 5.69 Å². The fourth-order valence-corrected chi connectivity index (χ4v) is 2.33. The summed E-state index contributed by atoms with van der Waals surface area (Å²) in [5.74, 6) is 0.696. The van der Waals surface area contributed by atoms with Crippen LogP contribution in [0.4, 0.5) is 0 Å². The fraction of sp³-hybridized carbons (Fsp3) is 0.786. The van der Waals surface area contributed by atoms with Crippen LogP contribution in [0.25, 0.3) is 0 Å². The molecule has 0 amide bonds. The SMILES string of the molecule is CCC(CC)n1ccc(CC(C)(CC)CCl)n1. The molecule has 0 N–H and O–H groups in total. The van der Waals surface area contributed by atoms with Gasteiger partial charge >= 0.3 is 0 Å². The zero-order chi connectivity index (χ0) is 12.9. The van der Waals surface area contributed by atoms with Crippen LogP contribution in [-0.4, -0.2) is 15.7 Å². The first-order valence-corrected chi connectivity index (χ1v) is 7.22. The third kappa shape index (κ3) is 3.74. The molecule has 17 heavy (non-hydrogen) atoms. The summed E-state index contributed by atoms with van der Waals surface area (Å²) in [6.07, 6.45) is 6.45. The molecule has 0 aromatic carbocycles. The van der Waals surface area contributed by atoms with Gasteiger partial charge in [0.25, 0.3) is 0 Å². The molecule has 0 radical (unpaired) electrons. The molecule has 1 unspecified atom stereocenters. The third-order valence-corrected chi connectivity index (χ3v) is 4.41. The maximum Gasteiger partial charge on any atom is 0.0630 e. The lowest BCUT2D eigenvalue weighted by Gasteiger charge is -2.24. The van der Waals surface area contributed by atoms with E-state index in [1.807, 2.05) is 0 Å². The van der Waals surface area contributed by atoms with Gasteiger partial charge in [-0.25, -0.2) is 0 Å². The predicted octanol–water partition coefficient (Wildman–Crippen LogP) is 4.44. The molecule has 0 bridgehead atoms. The summed E-state index contributed by atoms with van der Waals surface area (Å²) in [6.45, 7) is 8.85. The van der Waals surface area contributed by atoms with Crippen molar-refractivity contribution in [3.63, 3.8) is 0 Å². The van der Waals surface area contributed by atoms with Crippen molar-refractivity contribution < 1.29 is 0 Å². The Hall–Kier alpha value is -0.500. The van der Waals surface area contributed by atoms with Gasteiger partial charge in [0.1, 0.15) is 0 Å². The monoisotopic (exact) mass is 256 g/mol. The van der Waals surface area contributed by atoms with E-state index in [9.17, 15) is 0 Å². The Balaban J connectivity index is 2.74. The quantitative estimate of drug-likeness (QED) is 0.660. The summed E-state index contributed by atoms with van der Waals surface area (Å²) >= 11 is 6.05. The molecule has 0 saturated heterocycles. The van der Waals surface area contributed by atoms with Crippen LogP contribution in [0.1, 0.15) is 58.7 Å². The lowest BCUT2D eigenvalue weighted by Crippen LogP contribution is -2.21. The van der Waals surface area contributed by atoms with Crippen molar-refractivity contribution in [1.82, 2.24) is 9.78 Å². The van der Waals surface area contributed by atoms with Crippen LogP contribution in [0.2, 0.25) is 0 Å². The van der Waals surface area contributed by atoms with E-state index in [4.69, 9.17) is 16.7 Å². The summed E-state index contributed by atoms with van der Waals surface area (Å²) in [6, 6.07) is 2.67. The van der Waals surface area contributed by atoms with Crippen LogP contribution in [0.5, 0.6) is 0 Å². The smallest absolute Gasteiger partial charge is 0.0630 e. The molecule has 0 aliphatic rings. The van der Waals surface area contributed by atoms with Crippen molar-refractivity contribution in [3.05, 3.63) is 18.0 Å². The second-order valence-corrected chi connectivity index (χ2v) is 5.50. The molecule has 1 heterocycles. The highest BCUT2D eigenvalue weighted by Crippen LogP contribution is 2.27. The largest absolute Gasteiger partial charge is 0.269 e. The van der Waals surface area contributed by atoms with Crippen LogP contribution in [0.15, 0.2) is 12.3 Å². The standard InChI is InChI=1S/C14H25ClN2/c1-5-13(6-2)17-9-8-12(16-17)10-14(4,7-3)11-15/h8-9,13H,5-7,10-11H2,1-4H3. The molecular formula is C14H25ClN2. The zero-order valence-electron chi connectivity index (χ0n) is 11.5. The average molecular weight is 257 g/mol. The van der Waals surface area contributed by atoms with Gasteiger partial charge in [-0.2, -0.15) is 5.10 Å². The highest BCUT2D eigenvalue weighted by Gasteiger charge is 2.22. The third-order valence-electron chi connectivity index (χ3n) is 3.76. The number of hydrogen-bond donors (Lipinski definition) is 0. The van der Waals surface area contributed by atoms with Crippen molar-refractivity contribution in [2.45, 2.75) is 59.4 Å². The van der Waals surface area contributed by atoms with Crippen LogP contribution in [0, 0.1) is 5.41 Å². The van der Waals surface area contributed by atoms with E-state index in [0.717, 1.165) is 25.7 Å². The number of hydrogen-bond acceptors (Lipinski definition) is 1. The number of halogens is 1. The Labute approximate surface area is 110 Å². The normalized spacial score (nSPS) is 15.2. The van der Waals surface area contributed by atoms with Gasteiger partial charge in [-0.1, -0.05) is 27.7 Å². The minimum Gasteiger partial charge on any atom is -0.269 e. The fourth-order valence-electron chi connectivity index (χ4n) is 2.04. The van der Waals surface area contributed by atoms with Crippen molar-refractivity contribution >= 4 is 11.6 Å². The Bertz CT molecular complexity index is 325. The molecule has 0 fully saturated rings. The van der Waals surface area contributed by atoms with Gasteiger partial charge in [-0.05, 0) is 37.2 Å². The lowest BCUT2D eigenvalue weighted by atomic mass is 9.85. The van der Waals surface area contributed by atoms with Gasteiger partial charge in [-0.15, -0.1) is 11.6 Å². The molecule has 0 aliphatic heterocycles. The first kappa shape index (κ1) is 14.6. The zero-order valence-corrected chi connectivity index (χ0v) is 12.3. The van der Waals surface area contributed by atoms with Crippen molar-refractivity contribution in [2.24, 2.45) is 5.41 Å². The molecule has 0 saturated carbocycles. The molecule has 2 nitrogen and oxygen atoms in total. The molecule has 1 aromatic heterocycles. The topological polar surface area (TPSA) is 17.8 Å². The first-order chi connectivity index (χ1) is 8.08. The van der Waals surface area contributed by atoms with Crippen LogP contribution >= 0.6 is 11.6 Å². The van der Waals surface area contributed by atoms with Gasteiger partial charge in [-0.3, -0.25) is 4.68 Å². The Morgan fingerprint density at radius 2 is 2.00 bits per heavy atom. The van der Waals surface area contributed by atoms with Gasteiger partial charge in [0.2, 0.25) is 0 Å². The van der Waals surface area contributed by atoms with Gasteiger partial charge < -0.3 is 0 Å². The van der Waals surface area contributed by atoms with E-state index in [2.05, 4.69) is 44.6 Å². The predicted molar refractivity (Wildman–Crippen MR) is 74.7 cm³/mol. The molecule has 3 heteroatoms. The highest BCUT2D eigenvalue weighted by molar-refractivity contribution is 6.18. The molecule has 1 atom stereocenters. The molecule has 98 valence electrons. The number of alkyl halides is 1. The molecule has 1 rings (SSSR count). The van der Waals surface area contributed by atoms with E-state index in [-0.39, 0.29) is 5.41 Å². The second-order valence-electron chi connectivity index (χ2n) is 5.23. The summed E-state index contributed by atoms with van der Waals surface area (Å²) in [4.78, 5) is 0. The van der Waals surface area contributed by atoms with Crippen molar-refractivity contribution in [1.29, 1.82) is 0 Å². The van der Waals surface area contributed by atoms with E-state index < -0.39 is 0 Å². The van der Waals surface area contributed by atoms with Gasteiger partial charge in [0, 0.05) is 12.1 Å². The minimum absolute atomic E-state index is 0.175. The van der Waals surface area contributed by atoms with Crippen LogP contribution in [0.3, 0.4) is 0 Å². The maximum absolute atomic E-state index is 6.05. The maximum atomic E-state index is 6.05. The highest BCUT2D eigenvalue weighted by atomic mass is 35.5. The average Bonchev–Trinajstić information content (AvgIpc) is 2.79. The Morgan fingerprint density at radius 1 is 1.35 bits per heavy atom. The summed E-state index contributed by atoms with van der Waals surface area (Å²) in [7, 11) is 0. The number of nitrogens with zero attached hydrogens (tertiary/aromatic N) is 2. The van der Waals surface area contributed by atoms with Crippen LogP contribution in [-0.2, 0) is 6.42 Å². The Morgan fingerprint density at radius 3 is 2.47 bits per heavy atom. The van der Waals surface area contributed by atoms with E-state index in [0.29, 0.717) is 11.9 Å². The van der Waals surface area contributed by atoms with Crippen LogP contribution < -0.4 is 0 Å². The summed E-state index contributed by atoms with van der Waals surface area (Å²) < 4.78 is 2.11.